The first-order valence-corrected chi connectivity index (χ1v) is 18.4. The van der Waals surface area contributed by atoms with Gasteiger partial charge in [-0.1, -0.05) is 91.5 Å². The van der Waals surface area contributed by atoms with E-state index in [0.29, 0.717) is 5.92 Å². The van der Waals surface area contributed by atoms with Gasteiger partial charge in [-0.05, 0) is 61.1 Å². The maximum absolute atomic E-state index is 11.7. The maximum atomic E-state index is 11.7. The Morgan fingerprint density at radius 3 is 2.20 bits per heavy atom. The Balaban J connectivity index is 0.000000347. The van der Waals surface area contributed by atoms with Crippen LogP contribution in [-0.2, 0) is 36.7 Å². The normalized spacial score (nSPS) is 12.0. The molecule has 3 heterocycles. The van der Waals surface area contributed by atoms with Gasteiger partial charge < -0.3 is 5.11 Å². The minimum absolute atomic E-state index is 0. The van der Waals surface area contributed by atoms with Crippen LogP contribution in [0.15, 0.2) is 72.2 Å². The van der Waals surface area contributed by atoms with Crippen molar-refractivity contribution >= 4 is 38.1 Å². The van der Waals surface area contributed by atoms with Crippen molar-refractivity contribution in [1.29, 1.82) is 0 Å². The number of thiophene rings is 1. The van der Waals surface area contributed by atoms with Gasteiger partial charge in [0.15, 0.2) is 5.78 Å². The minimum Gasteiger partial charge on any atom is -0.512 e. The average Bonchev–Trinajstić information content (AvgIpc) is 3.50. The molecule has 0 saturated heterocycles. The third-order valence-corrected chi connectivity index (χ3v) is 10.1. The summed E-state index contributed by atoms with van der Waals surface area (Å²) in [6.07, 6.45) is 9.54. The van der Waals surface area contributed by atoms with Gasteiger partial charge in [-0.3, -0.25) is 14.8 Å². The van der Waals surface area contributed by atoms with Crippen molar-refractivity contribution in [3.63, 3.8) is 0 Å². The zero-order chi connectivity index (χ0) is 35.0. The number of hydrogen-bond donors (Lipinski definition) is 1. The number of rotatable bonds is 11. The van der Waals surface area contributed by atoms with Crippen molar-refractivity contribution < 1.29 is 30.0 Å². The quantitative estimate of drug-likeness (QED) is 0.0814. The molecule has 0 aliphatic carbocycles. The molecule has 0 fully saturated rings. The van der Waals surface area contributed by atoms with Gasteiger partial charge in [-0.25, -0.2) is 4.98 Å². The first-order chi connectivity index (χ1) is 22.9. The number of pyridine rings is 1. The standard InChI is InChI=1S/C29H28N3S.C13H24O2.Ir/c1-18(2)12-20-10-11-30-27-23(16-33-28(20)27)26-15-25(31-17-32-26)21-13-19-8-6-7-9-22(19)24(14-21)29(3,4)5;1-5-10(6-2)12(14)9-13(15)11(7-3)8-4;/h6-11,14-18H,12H2,1-5H3;9-11,14H,5-8H2,1-4H3;/q-1;;/b;12-9-;. The number of fused-ring (bicyclic) bond motifs is 2. The van der Waals surface area contributed by atoms with Crippen molar-refractivity contribution in [2.45, 2.75) is 99.8 Å². The summed E-state index contributed by atoms with van der Waals surface area (Å²) in [5, 5.41) is 14.3. The fraction of sp³-hybridized carbons (Fsp3) is 0.429. The average molecular weight is 855 g/mol. The summed E-state index contributed by atoms with van der Waals surface area (Å²) in [7, 11) is 0. The SMILES string of the molecule is CC(C)Cc1ccnc2c(-c3cc(-c4[c-]c5ccccc5c(C(C)(C)C)c4)ncn3)csc12.CCC(CC)C(=O)/C=C(\O)C(CC)CC.[Ir]. The zero-order valence-electron chi connectivity index (χ0n) is 30.6. The number of aromatic nitrogens is 3. The van der Waals surface area contributed by atoms with Crippen LogP contribution in [0.4, 0.5) is 0 Å². The van der Waals surface area contributed by atoms with E-state index in [1.807, 2.05) is 33.9 Å². The Labute approximate surface area is 311 Å². The predicted octanol–water partition coefficient (Wildman–Crippen LogP) is 11.7. The van der Waals surface area contributed by atoms with Crippen LogP contribution in [-0.4, -0.2) is 25.8 Å². The smallest absolute Gasteiger partial charge is 0.162 e. The summed E-state index contributed by atoms with van der Waals surface area (Å²) in [4.78, 5) is 25.7. The molecule has 49 heavy (non-hydrogen) atoms. The molecule has 0 unspecified atom stereocenters. The molecule has 0 saturated carbocycles. The van der Waals surface area contributed by atoms with Crippen LogP contribution < -0.4 is 0 Å². The van der Waals surface area contributed by atoms with E-state index in [-0.39, 0.29) is 48.9 Å². The Kier molecular flexibility index (Phi) is 14.9. The zero-order valence-corrected chi connectivity index (χ0v) is 33.8. The first kappa shape index (κ1) is 40.2. The van der Waals surface area contributed by atoms with E-state index in [1.54, 1.807) is 17.7 Å². The van der Waals surface area contributed by atoms with E-state index in [1.165, 1.54) is 27.3 Å². The van der Waals surface area contributed by atoms with Gasteiger partial charge in [0.25, 0.3) is 0 Å². The summed E-state index contributed by atoms with van der Waals surface area (Å²) in [5.41, 5.74) is 7.55. The molecule has 263 valence electrons. The van der Waals surface area contributed by atoms with Gasteiger partial charge in [-0.15, -0.1) is 40.5 Å². The van der Waals surface area contributed by atoms with Crippen molar-refractivity contribution in [2.75, 3.05) is 0 Å². The second-order valence-corrected chi connectivity index (χ2v) is 15.0. The number of aliphatic hydroxyl groups is 1. The number of nitrogens with zero attached hydrogens (tertiary/aromatic N) is 3. The fourth-order valence-electron chi connectivity index (χ4n) is 6.19. The number of carbonyl (C=O) groups excluding carboxylic acids is 1. The Bertz CT molecular complexity index is 1860. The van der Waals surface area contributed by atoms with Gasteiger partial charge in [0, 0.05) is 60.9 Å². The van der Waals surface area contributed by atoms with Crippen molar-refractivity contribution in [1.82, 2.24) is 15.0 Å². The maximum Gasteiger partial charge on any atom is 0.162 e. The van der Waals surface area contributed by atoms with E-state index in [2.05, 4.69) is 98.5 Å². The third-order valence-electron chi connectivity index (χ3n) is 9.05. The molecule has 0 amide bonds. The first-order valence-electron chi connectivity index (χ1n) is 17.5. The molecular weight excluding hydrogens is 803 g/mol. The second kappa shape index (κ2) is 18.1. The second-order valence-electron chi connectivity index (χ2n) is 14.1. The molecule has 5 aromatic rings. The molecule has 5 rings (SSSR count). The molecule has 0 bridgehead atoms. The van der Waals surface area contributed by atoms with Gasteiger partial charge in [0.05, 0.1) is 21.7 Å². The van der Waals surface area contributed by atoms with Crippen molar-refractivity contribution in [2.24, 2.45) is 17.8 Å². The number of allylic oxidation sites excluding steroid dienone is 2. The Hall–Kier alpha value is -3.25. The van der Waals surface area contributed by atoms with E-state index in [4.69, 9.17) is 4.98 Å². The molecular formula is C42H52IrN3O2S-. The van der Waals surface area contributed by atoms with Crippen LogP contribution in [0, 0.1) is 23.8 Å². The summed E-state index contributed by atoms with van der Waals surface area (Å²) in [6, 6.07) is 18.5. The molecule has 0 spiro atoms. The van der Waals surface area contributed by atoms with Crippen LogP contribution >= 0.6 is 11.3 Å². The largest absolute Gasteiger partial charge is 0.512 e. The van der Waals surface area contributed by atoms with E-state index in [9.17, 15) is 9.90 Å². The molecule has 0 aliphatic heterocycles. The van der Waals surface area contributed by atoms with Crippen LogP contribution in [0.25, 0.3) is 43.5 Å². The molecule has 2 aromatic carbocycles. The molecule has 5 nitrogen and oxygen atoms in total. The number of carbonyl (C=O) groups is 1. The molecule has 0 aliphatic rings. The van der Waals surface area contributed by atoms with Gasteiger partial charge in [0.2, 0.25) is 0 Å². The van der Waals surface area contributed by atoms with E-state index >= 15 is 0 Å². The van der Waals surface area contributed by atoms with Crippen LogP contribution in [0.1, 0.15) is 99.1 Å². The van der Waals surface area contributed by atoms with Crippen molar-refractivity contribution in [3.8, 4) is 22.5 Å². The van der Waals surface area contributed by atoms with Gasteiger partial charge >= 0.3 is 0 Å². The Morgan fingerprint density at radius 2 is 1.57 bits per heavy atom. The summed E-state index contributed by atoms with van der Waals surface area (Å²) in [5.74, 6) is 1.15. The third kappa shape index (κ3) is 9.93. The number of aliphatic hydroxyl groups excluding tert-OH is 1. The molecule has 0 atom stereocenters. The summed E-state index contributed by atoms with van der Waals surface area (Å²) in [6.45, 7) is 19.3. The van der Waals surface area contributed by atoms with Gasteiger partial charge in [-0.2, -0.15) is 0 Å². The van der Waals surface area contributed by atoms with E-state index in [0.717, 1.165) is 65.5 Å². The van der Waals surface area contributed by atoms with Crippen LogP contribution in [0.5, 0.6) is 0 Å². The number of hydrogen-bond acceptors (Lipinski definition) is 6. The molecule has 1 radical (unpaired) electrons. The summed E-state index contributed by atoms with van der Waals surface area (Å²) < 4.78 is 1.26. The summed E-state index contributed by atoms with van der Waals surface area (Å²) >= 11 is 1.76. The Morgan fingerprint density at radius 1 is 0.918 bits per heavy atom. The predicted molar refractivity (Wildman–Crippen MR) is 204 cm³/mol. The van der Waals surface area contributed by atoms with Gasteiger partial charge in [0.1, 0.15) is 6.33 Å². The topological polar surface area (TPSA) is 76.0 Å². The molecule has 1 N–H and O–H groups in total. The minimum atomic E-state index is 0. The van der Waals surface area contributed by atoms with Crippen LogP contribution in [0.2, 0.25) is 0 Å². The number of benzene rings is 2. The van der Waals surface area contributed by atoms with Crippen LogP contribution in [0.3, 0.4) is 0 Å². The molecule has 3 aromatic heterocycles. The van der Waals surface area contributed by atoms with Crippen molar-refractivity contribution in [3.05, 3.63) is 89.4 Å². The monoisotopic (exact) mass is 855 g/mol. The fourth-order valence-corrected chi connectivity index (χ4v) is 7.23. The van der Waals surface area contributed by atoms with E-state index < -0.39 is 0 Å². The number of ketones is 1. The molecule has 7 heteroatoms.